The van der Waals surface area contributed by atoms with Crippen LogP contribution in [0.1, 0.15) is 37.8 Å². The predicted molar refractivity (Wildman–Crippen MR) is 70.7 cm³/mol. The van der Waals surface area contributed by atoms with Crippen molar-refractivity contribution >= 4 is 0 Å². The molecule has 0 spiro atoms. The molecule has 100 valence electrons. The lowest BCUT2D eigenvalue weighted by Gasteiger charge is -2.21. The van der Waals surface area contributed by atoms with E-state index in [1.54, 1.807) is 0 Å². The lowest BCUT2D eigenvalue weighted by atomic mass is 9.96. The molecule has 2 nitrogen and oxygen atoms in total. The maximum Gasteiger partial charge on any atom is 0.123 e. The molecule has 3 atom stereocenters. The molecule has 0 radical (unpaired) electrons. The highest BCUT2D eigenvalue weighted by atomic mass is 19.1. The molecule has 3 unspecified atom stereocenters. The van der Waals surface area contributed by atoms with Crippen molar-refractivity contribution in [2.75, 3.05) is 13.2 Å². The minimum absolute atomic E-state index is 0.193. The van der Waals surface area contributed by atoms with Gasteiger partial charge >= 0.3 is 0 Å². The lowest BCUT2D eigenvalue weighted by Crippen LogP contribution is -2.28. The highest BCUT2D eigenvalue weighted by Crippen LogP contribution is 2.31. The summed E-state index contributed by atoms with van der Waals surface area (Å²) in [6, 6.07) is 6.88. The van der Waals surface area contributed by atoms with Gasteiger partial charge in [-0.3, -0.25) is 0 Å². The minimum atomic E-state index is -0.193. The van der Waals surface area contributed by atoms with E-state index < -0.39 is 0 Å². The second kappa shape index (κ2) is 6.30. The van der Waals surface area contributed by atoms with E-state index in [4.69, 9.17) is 0 Å². The van der Waals surface area contributed by atoms with Crippen LogP contribution in [-0.2, 0) is 0 Å². The molecule has 1 aliphatic carbocycles. The van der Waals surface area contributed by atoms with Crippen LogP contribution in [0.2, 0.25) is 0 Å². The summed E-state index contributed by atoms with van der Waals surface area (Å²) in [4.78, 5) is 0. The predicted octanol–water partition coefficient (Wildman–Crippen LogP) is 2.88. The van der Waals surface area contributed by atoms with E-state index in [0.717, 1.165) is 18.5 Å². The number of hydrogen-bond acceptors (Lipinski definition) is 2. The fraction of sp³-hybridized carbons (Fsp3) is 0.600. The molecule has 1 aromatic carbocycles. The zero-order valence-electron chi connectivity index (χ0n) is 10.9. The summed E-state index contributed by atoms with van der Waals surface area (Å²) in [5.41, 5.74) is 1.11. The molecule has 1 aromatic rings. The first kappa shape index (κ1) is 13.5. The molecule has 0 saturated heterocycles. The van der Waals surface area contributed by atoms with Gasteiger partial charge in [0.15, 0.2) is 0 Å². The summed E-state index contributed by atoms with van der Waals surface area (Å²) < 4.78 is 12.8. The van der Waals surface area contributed by atoms with Crippen molar-refractivity contribution in [3.63, 3.8) is 0 Å². The third-order valence-corrected chi connectivity index (χ3v) is 4.11. The van der Waals surface area contributed by atoms with E-state index in [-0.39, 0.29) is 11.9 Å². The normalized spacial score (nSPS) is 25.3. The summed E-state index contributed by atoms with van der Waals surface area (Å²) >= 11 is 0. The van der Waals surface area contributed by atoms with E-state index in [2.05, 4.69) is 12.2 Å². The monoisotopic (exact) mass is 251 g/mol. The zero-order chi connectivity index (χ0) is 13.0. The topological polar surface area (TPSA) is 32.3 Å². The molecular formula is C15H22FNO. The SMILES string of the molecule is CC(NCC1CCCC1CO)c1ccc(F)cc1. The fourth-order valence-electron chi connectivity index (χ4n) is 2.82. The van der Waals surface area contributed by atoms with Gasteiger partial charge in [0.2, 0.25) is 0 Å². The Hall–Kier alpha value is -0.930. The van der Waals surface area contributed by atoms with Gasteiger partial charge in [0, 0.05) is 12.6 Å². The molecule has 1 fully saturated rings. The number of aliphatic hydroxyl groups is 1. The summed E-state index contributed by atoms with van der Waals surface area (Å²) in [6.45, 7) is 3.33. The van der Waals surface area contributed by atoms with Gasteiger partial charge in [-0.05, 0) is 55.8 Å². The number of rotatable bonds is 5. The number of benzene rings is 1. The van der Waals surface area contributed by atoms with E-state index >= 15 is 0 Å². The summed E-state index contributed by atoms with van der Waals surface area (Å²) in [7, 11) is 0. The molecule has 3 heteroatoms. The Bertz CT molecular complexity index is 365. The highest BCUT2D eigenvalue weighted by molar-refractivity contribution is 5.19. The smallest absolute Gasteiger partial charge is 0.123 e. The first-order valence-electron chi connectivity index (χ1n) is 6.80. The van der Waals surface area contributed by atoms with Crippen LogP contribution in [0.4, 0.5) is 4.39 Å². The van der Waals surface area contributed by atoms with Gasteiger partial charge in [0.25, 0.3) is 0 Å². The van der Waals surface area contributed by atoms with Crippen molar-refractivity contribution in [2.45, 2.75) is 32.2 Å². The average molecular weight is 251 g/mol. The maximum atomic E-state index is 12.8. The van der Waals surface area contributed by atoms with Gasteiger partial charge in [0.05, 0.1) is 0 Å². The van der Waals surface area contributed by atoms with Crippen LogP contribution in [0, 0.1) is 17.7 Å². The van der Waals surface area contributed by atoms with Crippen LogP contribution in [0.25, 0.3) is 0 Å². The molecule has 0 amide bonds. The van der Waals surface area contributed by atoms with Gasteiger partial charge in [-0.2, -0.15) is 0 Å². The van der Waals surface area contributed by atoms with Gasteiger partial charge in [-0.25, -0.2) is 4.39 Å². The summed E-state index contributed by atoms with van der Waals surface area (Å²) in [5, 5.41) is 12.8. The van der Waals surface area contributed by atoms with Crippen molar-refractivity contribution in [3.8, 4) is 0 Å². The van der Waals surface area contributed by atoms with Crippen LogP contribution in [-0.4, -0.2) is 18.3 Å². The van der Waals surface area contributed by atoms with Gasteiger partial charge in [-0.15, -0.1) is 0 Å². The van der Waals surface area contributed by atoms with Crippen LogP contribution in [0.3, 0.4) is 0 Å². The third kappa shape index (κ3) is 3.30. The minimum Gasteiger partial charge on any atom is -0.396 e. The molecule has 2 rings (SSSR count). The molecule has 1 aliphatic rings. The summed E-state index contributed by atoms with van der Waals surface area (Å²) in [6.07, 6.45) is 3.57. The zero-order valence-corrected chi connectivity index (χ0v) is 10.9. The van der Waals surface area contributed by atoms with Crippen LogP contribution >= 0.6 is 0 Å². The van der Waals surface area contributed by atoms with Gasteiger partial charge in [0.1, 0.15) is 5.82 Å². The van der Waals surface area contributed by atoms with E-state index in [1.807, 2.05) is 12.1 Å². The Morgan fingerprint density at radius 2 is 1.94 bits per heavy atom. The first-order chi connectivity index (χ1) is 8.70. The van der Waals surface area contributed by atoms with Crippen molar-refractivity contribution in [1.29, 1.82) is 0 Å². The largest absolute Gasteiger partial charge is 0.396 e. The fourth-order valence-corrected chi connectivity index (χ4v) is 2.82. The van der Waals surface area contributed by atoms with Gasteiger partial charge in [-0.1, -0.05) is 18.6 Å². The number of halogens is 1. The van der Waals surface area contributed by atoms with Crippen molar-refractivity contribution in [1.82, 2.24) is 5.32 Å². The summed E-state index contributed by atoms with van der Waals surface area (Å²) in [5.74, 6) is 0.845. The Morgan fingerprint density at radius 1 is 1.28 bits per heavy atom. The third-order valence-electron chi connectivity index (χ3n) is 4.11. The Balaban J connectivity index is 1.84. The van der Waals surface area contributed by atoms with Crippen molar-refractivity contribution < 1.29 is 9.50 Å². The Kier molecular flexibility index (Phi) is 4.72. The first-order valence-corrected chi connectivity index (χ1v) is 6.80. The molecule has 2 N–H and O–H groups in total. The Labute approximate surface area is 108 Å². The standard InChI is InChI=1S/C15H22FNO/c1-11(12-5-7-15(16)8-6-12)17-9-13-3-2-4-14(13)10-18/h5-8,11,13-14,17-18H,2-4,9-10H2,1H3. The second-order valence-electron chi connectivity index (χ2n) is 5.32. The van der Waals surface area contributed by atoms with E-state index in [9.17, 15) is 9.50 Å². The van der Waals surface area contributed by atoms with Crippen LogP contribution in [0.15, 0.2) is 24.3 Å². The molecule has 1 saturated carbocycles. The van der Waals surface area contributed by atoms with Crippen LogP contribution < -0.4 is 5.32 Å². The molecule has 0 heterocycles. The van der Waals surface area contributed by atoms with Crippen molar-refractivity contribution in [3.05, 3.63) is 35.6 Å². The van der Waals surface area contributed by atoms with E-state index in [0.29, 0.717) is 18.4 Å². The van der Waals surface area contributed by atoms with Crippen LogP contribution in [0.5, 0.6) is 0 Å². The highest BCUT2D eigenvalue weighted by Gasteiger charge is 2.26. The molecule has 0 aliphatic heterocycles. The number of hydrogen-bond donors (Lipinski definition) is 2. The molecule has 0 bridgehead atoms. The lowest BCUT2D eigenvalue weighted by molar-refractivity contribution is 0.190. The van der Waals surface area contributed by atoms with E-state index in [1.165, 1.54) is 25.0 Å². The Morgan fingerprint density at radius 3 is 2.61 bits per heavy atom. The quantitative estimate of drug-likeness (QED) is 0.843. The molecule has 0 aromatic heterocycles. The van der Waals surface area contributed by atoms with Crippen molar-refractivity contribution in [2.24, 2.45) is 11.8 Å². The molecule has 18 heavy (non-hydrogen) atoms. The second-order valence-corrected chi connectivity index (χ2v) is 5.32. The number of aliphatic hydroxyl groups excluding tert-OH is 1. The maximum absolute atomic E-state index is 12.8. The number of nitrogens with one attached hydrogen (secondary N) is 1. The van der Waals surface area contributed by atoms with Gasteiger partial charge < -0.3 is 10.4 Å². The molecular weight excluding hydrogens is 229 g/mol. The average Bonchev–Trinajstić information content (AvgIpc) is 2.84.